The fourth-order valence-electron chi connectivity index (χ4n) is 6.73. The zero-order valence-electron chi connectivity index (χ0n) is 18.7. The van der Waals surface area contributed by atoms with Gasteiger partial charge in [-0.1, -0.05) is 66.7 Å². The molecule has 2 nitrogen and oxygen atoms in total. The van der Waals surface area contributed by atoms with Crippen molar-refractivity contribution < 1.29 is 4.79 Å². The van der Waals surface area contributed by atoms with Gasteiger partial charge in [0, 0.05) is 0 Å². The van der Waals surface area contributed by atoms with Crippen molar-refractivity contribution in [3.05, 3.63) is 82.9 Å². The van der Waals surface area contributed by atoms with Crippen LogP contribution in [0.2, 0.25) is 0 Å². The predicted octanol–water partition coefficient (Wildman–Crippen LogP) is 6.85. The van der Waals surface area contributed by atoms with E-state index in [9.17, 15) is 4.79 Å². The summed E-state index contributed by atoms with van der Waals surface area (Å²) in [6.45, 7) is 4.28. The van der Waals surface area contributed by atoms with E-state index in [1.54, 1.807) is 0 Å². The third-order valence-corrected chi connectivity index (χ3v) is 7.97. The monoisotopic (exact) mass is 411 g/mol. The predicted molar refractivity (Wildman–Crippen MR) is 128 cm³/mol. The molecular weight excluding hydrogens is 378 g/mol. The summed E-state index contributed by atoms with van der Waals surface area (Å²) in [5.74, 6) is 2.56. The smallest absolute Gasteiger partial charge is 0.230 e. The van der Waals surface area contributed by atoms with Crippen molar-refractivity contribution in [2.45, 2.75) is 52.4 Å². The molecule has 0 aromatic heterocycles. The lowest BCUT2D eigenvalue weighted by atomic mass is 9.49. The van der Waals surface area contributed by atoms with Crippen molar-refractivity contribution in [1.82, 2.24) is 5.32 Å². The number of hydrogen-bond donors (Lipinski definition) is 1. The minimum absolute atomic E-state index is 0.147. The molecule has 2 heteroatoms. The molecule has 0 aliphatic heterocycles. The van der Waals surface area contributed by atoms with Gasteiger partial charge in [0.1, 0.15) is 0 Å². The zero-order valence-corrected chi connectivity index (χ0v) is 18.7. The van der Waals surface area contributed by atoms with Crippen molar-refractivity contribution in [3.8, 4) is 0 Å². The molecule has 0 spiro atoms. The molecule has 2 aromatic carbocycles. The average molecular weight is 412 g/mol. The van der Waals surface area contributed by atoms with Gasteiger partial charge in [-0.05, 0) is 92.4 Å². The van der Waals surface area contributed by atoms with E-state index in [2.05, 4.69) is 73.8 Å². The van der Waals surface area contributed by atoms with E-state index in [1.807, 2.05) is 12.1 Å². The Morgan fingerprint density at radius 2 is 1.35 bits per heavy atom. The number of carbonyl (C=O) groups is 1. The summed E-state index contributed by atoms with van der Waals surface area (Å²) in [7, 11) is 0. The molecule has 31 heavy (non-hydrogen) atoms. The minimum Gasteiger partial charge on any atom is -0.325 e. The molecule has 1 amide bonds. The summed E-state index contributed by atoms with van der Waals surface area (Å²) in [6.07, 6.45) is 9.53. The molecule has 4 saturated carbocycles. The SMILES string of the molecule is CC(=Cc1ccccc1)C(C)=C(NC(=O)C12CC3CC(CC(C3)C1)C2)c1ccccc1. The van der Waals surface area contributed by atoms with Gasteiger partial charge in [0.15, 0.2) is 0 Å². The van der Waals surface area contributed by atoms with Crippen molar-refractivity contribution >= 4 is 17.7 Å². The molecule has 0 heterocycles. The van der Waals surface area contributed by atoms with Crippen LogP contribution in [0.3, 0.4) is 0 Å². The number of carbonyl (C=O) groups excluding carboxylic acids is 1. The summed E-state index contributed by atoms with van der Waals surface area (Å²) in [6, 6.07) is 20.7. The molecule has 2 aromatic rings. The van der Waals surface area contributed by atoms with Crippen LogP contribution in [0.25, 0.3) is 11.8 Å². The molecule has 4 fully saturated rings. The van der Waals surface area contributed by atoms with Crippen molar-refractivity contribution in [1.29, 1.82) is 0 Å². The molecular formula is C29H33NO. The van der Waals surface area contributed by atoms with Crippen molar-refractivity contribution in [2.24, 2.45) is 23.2 Å². The maximum Gasteiger partial charge on any atom is 0.230 e. The van der Waals surface area contributed by atoms with Gasteiger partial charge in [0.25, 0.3) is 0 Å². The Kier molecular flexibility index (Phi) is 5.33. The molecule has 160 valence electrons. The van der Waals surface area contributed by atoms with Gasteiger partial charge in [-0.2, -0.15) is 0 Å². The third-order valence-electron chi connectivity index (χ3n) is 7.97. The Morgan fingerprint density at radius 3 is 1.90 bits per heavy atom. The molecule has 1 N–H and O–H groups in total. The molecule has 0 atom stereocenters. The summed E-state index contributed by atoms with van der Waals surface area (Å²) in [4.78, 5) is 13.8. The van der Waals surface area contributed by atoms with Crippen LogP contribution in [-0.2, 0) is 4.79 Å². The Bertz CT molecular complexity index is 980. The Balaban J connectivity index is 1.48. The second-order valence-electron chi connectivity index (χ2n) is 10.3. The Labute approximate surface area is 186 Å². The lowest BCUT2D eigenvalue weighted by Gasteiger charge is -2.55. The summed E-state index contributed by atoms with van der Waals surface area (Å²) < 4.78 is 0. The second-order valence-corrected chi connectivity index (χ2v) is 10.3. The van der Waals surface area contributed by atoms with E-state index in [1.165, 1.54) is 30.4 Å². The van der Waals surface area contributed by atoms with Crippen LogP contribution < -0.4 is 5.32 Å². The lowest BCUT2D eigenvalue weighted by molar-refractivity contribution is -0.144. The number of amides is 1. The third kappa shape index (κ3) is 4.01. The molecule has 0 saturated heterocycles. The van der Waals surface area contributed by atoms with Gasteiger partial charge >= 0.3 is 0 Å². The van der Waals surface area contributed by atoms with Gasteiger partial charge in [0.2, 0.25) is 5.91 Å². The van der Waals surface area contributed by atoms with Gasteiger partial charge < -0.3 is 5.32 Å². The molecule has 4 bridgehead atoms. The number of benzene rings is 2. The minimum atomic E-state index is -0.147. The van der Waals surface area contributed by atoms with Crippen LogP contribution in [0, 0.1) is 23.2 Å². The van der Waals surface area contributed by atoms with E-state index in [0.717, 1.165) is 53.8 Å². The number of nitrogens with one attached hydrogen (secondary N) is 1. The highest BCUT2D eigenvalue weighted by Crippen LogP contribution is 2.60. The topological polar surface area (TPSA) is 29.1 Å². The Morgan fingerprint density at radius 1 is 0.839 bits per heavy atom. The van der Waals surface area contributed by atoms with Gasteiger partial charge in [-0.3, -0.25) is 4.79 Å². The van der Waals surface area contributed by atoms with Gasteiger partial charge in [-0.25, -0.2) is 0 Å². The first-order valence-corrected chi connectivity index (χ1v) is 11.8. The summed E-state index contributed by atoms with van der Waals surface area (Å²) in [5.41, 5.74) is 5.39. The molecule has 4 aliphatic rings. The standard InChI is InChI=1S/C29H33NO/c1-20(13-22-9-5-3-6-10-22)21(2)27(26-11-7-4-8-12-26)30-28(31)29-17-23-14-24(18-29)16-25(15-23)19-29/h3-13,23-25H,14-19H2,1-2H3,(H,30,31). The highest BCUT2D eigenvalue weighted by Gasteiger charge is 2.54. The fraction of sp³-hybridized carbons (Fsp3) is 0.414. The van der Waals surface area contributed by atoms with Gasteiger partial charge in [0.05, 0.1) is 11.1 Å². The first-order valence-electron chi connectivity index (χ1n) is 11.8. The molecule has 0 unspecified atom stereocenters. The fourth-order valence-corrected chi connectivity index (χ4v) is 6.73. The Hall–Kier alpha value is -2.61. The molecule has 4 aliphatic carbocycles. The van der Waals surface area contributed by atoms with Crippen LogP contribution >= 0.6 is 0 Å². The van der Waals surface area contributed by atoms with Crippen LogP contribution in [0.4, 0.5) is 0 Å². The van der Waals surface area contributed by atoms with Crippen molar-refractivity contribution in [3.63, 3.8) is 0 Å². The van der Waals surface area contributed by atoms with E-state index in [0.29, 0.717) is 0 Å². The quantitative estimate of drug-likeness (QED) is 0.535. The highest BCUT2D eigenvalue weighted by atomic mass is 16.2. The number of hydrogen-bond acceptors (Lipinski definition) is 1. The van der Waals surface area contributed by atoms with Crippen LogP contribution in [0.5, 0.6) is 0 Å². The summed E-state index contributed by atoms with van der Waals surface area (Å²) >= 11 is 0. The first kappa shape index (κ1) is 20.3. The molecule has 0 radical (unpaired) electrons. The maximum absolute atomic E-state index is 13.8. The second kappa shape index (κ2) is 8.15. The highest BCUT2D eigenvalue weighted by molar-refractivity contribution is 5.93. The lowest BCUT2D eigenvalue weighted by Crippen LogP contribution is -2.53. The van der Waals surface area contributed by atoms with Gasteiger partial charge in [-0.15, -0.1) is 0 Å². The maximum atomic E-state index is 13.8. The number of rotatable bonds is 5. The van der Waals surface area contributed by atoms with Crippen molar-refractivity contribution in [2.75, 3.05) is 0 Å². The van der Waals surface area contributed by atoms with Crippen LogP contribution in [-0.4, -0.2) is 5.91 Å². The van der Waals surface area contributed by atoms with Crippen LogP contribution in [0.1, 0.15) is 63.5 Å². The zero-order chi connectivity index (χ0) is 21.4. The normalized spacial score (nSPS) is 30.1. The largest absolute Gasteiger partial charge is 0.325 e. The van der Waals surface area contributed by atoms with Crippen LogP contribution in [0.15, 0.2) is 71.8 Å². The van der Waals surface area contributed by atoms with E-state index in [4.69, 9.17) is 0 Å². The summed E-state index contributed by atoms with van der Waals surface area (Å²) in [5, 5.41) is 3.46. The number of allylic oxidation sites excluding steroid dienone is 2. The van der Waals surface area contributed by atoms with E-state index < -0.39 is 0 Å². The average Bonchev–Trinajstić information content (AvgIpc) is 2.77. The van der Waals surface area contributed by atoms with E-state index in [-0.39, 0.29) is 11.3 Å². The van der Waals surface area contributed by atoms with E-state index >= 15 is 0 Å². The molecule has 6 rings (SSSR count). The first-order chi connectivity index (χ1) is 15.0.